The van der Waals surface area contributed by atoms with E-state index in [2.05, 4.69) is 21.3 Å². The van der Waals surface area contributed by atoms with Crippen LogP contribution in [-0.2, 0) is 43.3 Å². The fourth-order valence-electron chi connectivity index (χ4n) is 9.68. The Morgan fingerprint density at radius 3 is 2.38 bits per heavy atom. The summed E-state index contributed by atoms with van der Waals surface area (Å²) < 4.78 is 35.6. The number of nitrogens with one attached hydrogen (secondary N) is 4. The molecule has 5 amide bonds. The van der Waals surface area contributed by atoms with E-state index in [0.717, 1.165) is 23.0 Å². The molecule has 0 spiro atoms. The molecule has 1 atom stereocenters. The Bertz CT molecular complexity index is 3180. The number of allylic oxidation sites excluding steroid dienone is 1. The van der Waals surface area contributed by atoms with Crippen LogP contribution >= 0.6 is 23.2 Å². The van der Waals surface area contributed by atoms with Crippen LogP contribution in [-0.4, -0.2) is 131 Å². The number of likely N-dealkylation sites (N-methyl/N-ethyl adjacent to an activating group) is 1. The summed E-state index contributed by atoms with van der Waals surface area (Å²) >= 11 is 13.5. The second kappa shape index (κ2) is 25.7. The van der Waals surface area contributed by atoms with Crippen LogP contribution in [0.3, 0.4) is 0 Å². The number of carbonyl (C=O) groups excluding carboxylic acids is 5. The van der Waals surface area contributed by atoms with Crippen LogP contribution in [0.15, 0.2) is 60.7 Å². The van der Waals surface area contributed by atoms with Crippen LogP contribution in [0, 0.1) is 12.7 Å². The highest BCUT2D eigenvalue weighted by atomic mass is 35.5. The molecule has 0 aliphatic carbocycles. The molecule has 1 unspecified atom stereocenters. The second-order valence-electron chi connectivity index (χ2n) is 22.4. The Kier molecular flexibility index (Phi) is 19.5. The Labute approximate surface area is 476 Å². The average Bonchev–Trinajstić information content (AvgIpc) is 3.41. The van der Waals surface area contributed by atoms with E-state index in [4.69, 9.17) is 47.4 Å². The first-order chi connectivity index (χ1) is 37.7. The highest BCUT2D eigenvalue weighted by Crippen LogP contribution is 2.42. The first kappa shape index (κ1) is 60.7. The minimum absolute atomic E-state index is 0.0190. The molecular weight excluding hydrogens is 1070 g/mol. The number of ether oxygens (including phenoxy) is 3. The number of halogens is 3. The molecule has 3 heterocycles. The number of nitrogens with zero attached hydrogens (tertiary/aromatic N) is 5. The number of imide groups is 1. The van der Waals surface area contributed by atoms with Gasteiger partial charge in [-0.15, -0.1) is 0 Å². The molecule has 21 heteroatoms. The predicted molar refractivity (Wildman–Crippen MR) is 310 cm³/mol. The number of benzene rings is 4. The van der Waals surface area contributed by atoms with E-state index >= 15 is 4.39 Å². The van der Waals surface area contributed by atoms with Crippen molar-refractivity contribution < 1.29 is 47.7 Å². The van der Waals surface area contributed by atoms with Crippen molar-refractivity contribution in [3.05, 3.63) is 110 Å². The summed E-state index contributed by atoms with van der Waals surface area (Å²) in [5.74, 6) is -0.817. The second-order valence-corrected chi connectivity index (χ2v) is 23.3. The van der Waals surface area contributed by atoms with Gasteiger partial charge < -0.3 is 45.1 Å². The summed E-state index contributed by atoms with van der Waals surface area (Å²) in [6.45, 7) is 19.4. The van der Waals surface area contributed by atoms with Crippen molar-refractivity contribution in [3.63, 3.8) is 0 Å². The maximum Gasteiger partial charge on any atom is 0.410 e. The number of hydrogen-bond donors (Lipinski definition) is 5. The Balaban J connectivity index is 0.969. The van der Waals surface area contributed by atoms with E-state index < -0.39 is 40.8 Å². The van der Waals surface area contributed by atoms with E-state index in [0.29, 0.717) is 83.2 Å². The standard InChI is InChI=1S/C59H72Cl2FN9O9/c1-11-12-43-35(2)23-42(73)28-44(43)49-46(61)29-45-51(50(49)62)67-54(68-52(45)70-18-20-71(21-19-70)56(77)80-57(3,4)5)63-17-22-78-59(8,9)34-79-58(6,7)30-37-25-40(60)27-41(26-37)65-55(76)64-31-36-13-14-38(33-72)39(24-36)32-69(10)47-15-16-48(74)66-53(47)75/h11-14,23-29,33,47,73H,15-22,30-32,34H2,1-10H3,(H,63,67,68)(H2,64,65,76)(H,66,74,75)/b12-11-. The number of amides is 5. The van der Waals surface area contributed by atoms with Crippen LogP contribution in [0.1, 0.15) is 106 Å². The van der Waals surface area contributed by atoms with Crippen molar-refractivity contribution in [2.45, 2.75) is 118 Å². The Morgan fingerprint density at radius 1 is 0.950 bits per heavy atom. The number of hydrogen-bond acceptors (Lipinski definition) is 14. The van der Waals surface area contributed by atoms with Crippen molar-refractivity contribution in [3.8, 4) is 16.9 Å². The smallest absolute Gasteiger partial charge is 0.410 e. The third kappa shape index (κ3) is 15.9. The number of aryl methyl sites for hydroxylation is 1. The lowest BCUT2D eigenvalue weighted by molar-refractivity contribution is -0.137. The van der Waals surface area contributed by atoms with Gasteiger partial charge in [0.2, 0.25) is 17.8 Å². The summed E-state index contributed by atoms with van der Waals surface area (Å²) in [5, 5.41) is 22.9. The molecule has 2 aliphatic heterocycles. The quantitative estimate of drug-likeness (QED) is 0.0278. The average molecular weight is 1140 g/mol. The Morgan fingerprint density at radius 2 is 1.69 bits per heavy atom. The number of phenolic OH excluding ortho intramolecular Hbond substituents is 1. The lowest BCUT2D eigenvalue weighted by atomic mass is 9.93. The number of phenols is 1. The fourth-order valence-corrected chi connectivity index (χ4v) is 10.2. The predicted octanol–water partition coefficient (Wildman–Crippen LogP) is 10.5. The topological polar surface area (TPSA) is 217 Å². The lowest BCUT2D eigenvalue weighted by Crippen LogP contribution is -2.51. The summed E-state index contributed by atoms with van der Waals surface area (Å²) in [4.78, 5) is 77.1. The van der Waals surface area contributed by atoms with Gasteiger partial charge in [-0.1, -0.05) is 53.6 Å². The third-order valence-electron chi connectivity index (χ3n) is 13.6. The van der Waals surface area contributed by atoms with Gasteiger partial charge >= 0.3 is 12.1 Å². The molecule has 4 aromatic carbocycles. The molecule has 2 fully saturated rings. The maximum atomic E-state index is 17.2. The van der Waals surface area contributed by atoms with Crippen molar-refractivity contribution in [2.24, 2.45) is 0 Å². The van der Waals surface area contributed by atoms with Crippen LogP contribution in [0.25, 0.3) is 28.1 Å². The minimum atomic E-state index is -0.763. The number of piperazine rings is 1. The zero-order chi connectivity index (χ0) is 58.3. The van der Waals surface area contributed by atoms with Crippen molar-refractivity contribution >= 4 is 87.9 Å². The number of aromatic hydroxyl groups is 1. The molecule has 5 N–H and O–H groups in total. The first-order valence-corrected chi connectivity index (χ1v) is 27.3. The van der Waals surface area contributed by atoms with E-state index in [1.807, 2.05) is 97.6 Å². The summed E-state index contributed by atoms with van der Waals surface area (Å²) in [6.07, 6.45) is 5.06. The molecule has 0 radical (unpaired) electrons. The van der Waals surface area contributed by atoms with Gasteiger partial charge in [-0.05, 0) is 146 Å². The van der Waals surface area contributed by atoms with E-state index in [1.54, 1.807) is 47.2 Å². The molecule has 2 aliphatic rings. The first-order valence-electron chi connectivity index (χ1n) is 26.6. The lowest BCUT2D eigenvalue weighted by Gasteiger charge is -2.36. The largest absolute Gasteiger partial charge is 0.508 e. The number of piperidine rings is 1. The van der Waals surface area contributed by atoms with Gasteiger partial charge in [0, 0.05) is 85.9 Å². The van der Waals surface area contributed by atoms with Gasteiger partial charge in [-0.25, -0.2) is 19.0 Å². The number of aromatic nitrogens is 2. The summed E-state index contributed by atoms with van der Waals surface area (Å²) in [6, 6.07) is 14.3. The number of fused-ring (bicyclic) bond motifs is 1. The molecule has 0 bridgehead atoms. The van der Waals surface area contributed by atoms with E-state index in [1.165, 1.54) is 6.07 Å². The molecular formula is C59H72Cl2FN9O9. The Hall–Kier alpha value is -6.90. The zero-order valence-electron chi connectivity index (χ0n) is 47.1. The zero-order valence-corrected chi connectivity index (χ0v) is 48.6. The normalized spacial score (nSPS) is 15.4. The molecule has 0 saturated carbocycles. The maximum absolute atomic E-state index is 17.2. The van der Waals surface area contributed by atoms with Crippen molar-refractivity contribution in [2.75, 3.05) is 68.5 Å². The van der Waals surface area contributed by atoms with Gasteiger partial charge in [0.1, 0.15) is 29.0 Å². The number of urea groups is 1. The highest BCUT2D eigenvalue weighted by Gasteiger charge is 2.32. The van der Waals surface area contributed by atoms with Crippen LogP contribution in [0.5, 0.6) is 5.75 Å². The third-order valence-corrected chi connectivity index (χ3v) is 14.1. The minimum Gasteiger partial charge on any atom is -0.508 e. The summed E-state index contributed by atoms with van der Waals surface area (Å²) in [5.41, 5.74) is 2.98. The van der Waals surface area contributed by atoms with Gasteiger partial charge in [-0.2, -0.15) is 4.98 Å². The van der Waals surface area contributed by atoms with Crippen molar-refractivity contribution in [1.82, 2.24) is 30.4 Å². The number of rotatable bonds is 20. The van der Waals surface area contributed by atoms with Gasteiger partial charge in [0.05, 0.1) is 35.5 Å². The number of carbonyl (C=O) groups is 5. The molecule has 7 rings (SSSR count). The number of anilines is 3. The SMILES string of the molecule is C/C=C\c1c(C)cc(O)cc1-c1c(Cl)cc2c(N3CCN(C(=O)OC(C)(C)C)CC3)nc(NCCOC(C)(C)COC(C)(C)Cc3cc(Cl)cc(NC(=O)NCc4ccc(C=O)c(CN(C)C5CCC(=O)NC5=O)c4)c3)nc2c1F. The van der Waals surface area contributed by atoms with Crippen LogP contribution in [0.2, 0.25) is 10.0 Å². The van der Waals surface area contributed by atoms with Gasteiger partial charge in [-0.3, -0.25) is 24.6 Å². The fraction of sp³-hybridized carbons (Fsp3) is 0.441. The van der Waals surface area contributed by atoms with Crippen LogP contribution < -0.4 is 26.2 Å². The molecule has 2 saturated heterocycles. The van der Waals surface area contributed by atoms with E-state index in [-0.39, 0.29) is 78.9 Å². The highest BCUT2D eigenvalue weighted by molar-refractivity contribution is 6.34. The summed E-state index contributed by atoms with van der Waals surface area (Å²) in [7, 11) is 1.76. The van der Waals surface area contributed by atoms with Crippen LogP contribution in [0.4, 0.5) is 31.4 Å². The van der Waals surface area contributed by atoms with Gasteiger partial charge in [0.15, 0.2) is 5.82 Å². The molecule has 18 nitrogen and oxygen atoms in total. The van der Waals surface area contributed by atoms with E-state index in [9.17, 15) is 29.1 Å². The molecule has 5 aromatic rings. The van der Waals surface area contributed by atoms with Gasteiger partial charge in [0.25, 0.3) is 0 Å². The molecule has 428 valence electrons. The molecule has 80 heavy (non-hydrogen) atoms. The number of aldehydes is 1. The van der Waals surface area contributed by atoms with Crippen molar-refractivity contribution in [1.29, 1.82) is 0 Å². The monoisotopic (exact) mass is 1140 g/mol. The molecule has 1 aromatic heterocycles.